The first-order valence-corrected chi connectivity index (χ1v) is 8.18. The number of carbonyl (C=O) groups is 2. The molecule has 23 heavy (non-hydrogen) atoms. The SMILES string of the molecule is Cc1c(C(=O)N(C)C2(C(=O)O)CCCCC2)cnn1C(C)(C)C. The Morgan fingerprint density at radius 3 is 2.26 bits per heavy atom. The average Bonchev–Trinajstić information content (AvgIpc) is 2.88. The highest BCUT2D eigenvalue weighted by atomic mass is 16.4. The number of hydrogen-bond donors (Lipinski definition) is 1. The third kappa shape index (κ3) is 2.99. The highest BCUT2D eigenvalue weighted by Crippen LogP contribution is 2.34. The molecule has 1 heterocycles. The van der Waals surface area contributed by atoms with Crippen LogP contribution >= 0.6 is 0 Å². The highest BCUT2D eigenvalue weighted by Gasteiger charge is 2.46. The van der Waals surface area contributed by atoms with E-state index in [2.05, 4.69) is 5.10 Å². The lowest BCUT2D eigenvalue weighted by Gasteiger charge is -2.41. The van der Waals surface area contributed by atoms with Gasteiger partial charge in [0.15, 0.2) is 0 Å². The molecular weight excluding hydrogens is 294 g/mol. The Bertz CT molecular complexity index is 607. The maximum atomic E-state index is 12.9. The third-order valence-corrected chi connectivity index (χ3v) is 4.90. The number of nitrogens with zero attached hydrogens (tertiary/aromatic N) is 3. The molecule has 0 bridgehead atoms. The molecular formula is C17H27N3O3. The van der Waals surface area contributed by atoms with Gasteiger partial charge in [0.1, 0.15) is 5.54 Å². The molecule has 6 heteroatoms. The van der Waals surface area contributed by atoms with E-state index in [1.54, 1.807) is 13.2 Å². The molecule has 1 saturated carbocycles. The molecule has 0 spiro atoms. The van der Waals surface area contributed by atoms with Crippen molar-refractivity contribution in [2.45, 2.75) is 70.9 Å². The molecule has 1 aromatic heterocycles. The first kappa shape index (κ1) is 17.5. The molecule has 128 valence electrons. The van der Waals surface area contributed by atoms with E-state index in [4.69, 9.17) is 0 Å². The summed E-state index contributed by atoms with van der Waals surface area (Å²) < 4.78 is 1.81. The number of carboxylic acid groups (broad SMARTS) is 1. The van der Waals surface area contributed by atoms with Crippen molar-refractivity contribution in [1.29, 1.82) is 0 Å². The summed E-state index contributed by atoms with van der Waals surface area (Å²) in [5.41, 5.74) is -0.0680. The molecule has 0 unspecified atom stereocenters. The summed E-state index contributed by atoms with van der Waals surface area (Å²) in [7, 11) is 1.61. The number of aromatic nitrogens is 2. The lowest BCUT2D eigenvalue weighted by Crippen LogP contribution is -2.56. The van der Waals surface area contributed by atoms with Crippen LogP contribution in [-0.2, 0) is 10.3 Å². The Balaban J connectivity index is 2.36. The van der Waals surface area contributed by atoms with Gasteiger partial charge in [-0.1, -0.05) is 19.3 Å². The first-order chi connectivity index (χ1) is 10.6. The van der Waals surface area contributed by atoms with Crippen LogP contribution < -0.4 is 0 Å². The first-order valence-electron chi connectivity index (χ1n) is 8.18. The molecule has 1 fully saturated rings. The predicted molar refractivity (Wildman–Crippen MR) is 87.5 cm³/mol. The summed E-state index contributed by atoms with van der Waals surface area (Å²) in [6, 6.07) is 0. The zero-order chi connectivity index (χ0) is 17.4. The van der Waals surface area contributed by atoms with Gasteiger partial charge in [-0.05, 0) is 40.5 Å². The zero-order valence-electron chi connectivity index (χ0n) is 14.7. The van der Waals surface area contributed by atoms with Crippen LogP contribution in [0.2, 0.25) is 0 Å². The minimum absolute atomic E-state index is 0.226. The molecule has 0 aliphatic heterocycles. The maximum Gasteiger partial charge on any atom is 0.329 e. The number of carbonyl (C=O) groups excluding carboxylic acids is 1. The Morgan fingerprint density at radius 1 is 1.26 bits per heavy atom. The average molecular weight is 321 g/mol. The molecule has 6 nitrogen and oxygen atoms in total. The Labute approximate surface area is 137 Å². The van der Waals surface area contributed by atoms with Crippen LogP contribution in [0.25, 0.3) is 0 Å². The smallest absolute Gasteiger partial charge is 0.329 e. The number of aliphatic carboxylic acids is 1. The summed E-state index contributed by atoms with van der Waals surface area (Å²) in [4.78, 5) is 26.2. The molecule has 1 N–H and O–H groups in total. The minimum atomic E-state index is -1.09. The standard InChI is InChI=1S/C17H27N3O3/c1-12-13(11-18-20(12)16(2,3)4)14(21)19(5)17(15(22)23)9-7-6-8-10-17/h11H,6-10H2,1-5H3,(H,22,23). The zero-order valence-corrected chi connectivity index (χ0v) is 14.7. The molecule has 0 radical (unpaired) electrons. The summed E-state index contributed by atoms with van der Waals surface area (Å²) in [5, 5.41) is 14.1. The third-order valence-electron chi connectivity index (χ3n) is 4.90. The van der Waals surface area contributed by atoms with Gasteiger partial charge >= 0.3 is 5.97 Å². The van der Waals surface area contributed by atoms with Crippen molar-refractivity contribution in [2.75, 3.05) is 7.05 Å². The summed E-state index contributed by atoms with van der Waals surface area (Å²) in [6.07, 6.45) is 5.28. The highest BCUT2D eigenvalue weighted by molar-refractivity contribution is 5.98. The fourth-order valence-electron chi connectivity index (χ4n) is 3.50. The topological polar surface area (TPSA) is 75.4 Å². The van der Waals surface area contributed by atoms with E-state index in [0.29, 0.717) is 18.4 Å². The van der Waals surface area contributed by atoms with Gasteiger partial charge in [-0.2, -0.15) is 5.10 Å². The van der Waals surface area contributed by atoms with Crippen molar-refractivity contribution in [2.24, 2.45) is 0 Å². The second-order valence-corrected chi connectivity index (χ2v) is 7.49. The van der Waals surface area contributed by atoms with Crippen LogP contribution in [0.3, 0.4) is 0 Å². The van der Waals surface area contributed by atoms with Crippen LogP contribution in [0.15, 0.2) is 6.20 Å². The van der Waals surface area contributed by atoms with Gasteiger partial charge in [0.2, 0.25) is 0 Å². The maximum absolute atomic E-state index is 12.9. The molecule has 0 saturated heterocycles. The second-order valence-electron chi connectivity index (χ2n) is 7.49. The van der Waals surface area contributed by atoms with E-state index in [1.807, 2.05) is 32.4 Å². The van der Waals surface area contributed by atoms with Gasteiger partial charge in [-0.15, -0.1) is 0 Å². The Morgan fingerprint density at radius 2 is 1.83 bits per heavy atom. The van der Waals surface area contributed by atoms with Gasteiger partial charge in [0, 0.05) is 12.7 Å². The number of likely N-dealkylation sites (N-methyl/N-ethyl adjacent to an activating group) is 1. The van der Waals surface area contributed by atoms with E-state index >= 15 is 0 Å². The number of rotatable bonds is 3. The van der Waals surface area contributed by atoms with Gasteiger partial charge in [-0.25, -0.2) is 4.79 Å². The number of hydrogen-bond acceptors (Lipinski definition) is 3. The van der Waals surface area contributed by atoms with Gasteiger partial charge in [-0.3, -0.25) is 9.48 Å². The number of carboxylic acids is 1. The van der Waals surface area contributed by atoms with Crippen LogP contribution in [-0.4, -0.2) is 44.3 Å². The van der Waals surface area contributed by atoms with Crippen LogP contribution in [0.1, 0.15) is 68.9 Å². The molecule has 1 aromatic rings. The van der Waals surface area contributed by atoms with Crippen molar-refractivity contribution < 1.29 is 14.7 Å². The van der Waals surface area contributed by atoms with E-state index in [9.17, 15) is 14.7 Å². The summed E-state index contributed by atoms with van der Waals surface area (Å²) in [6.45, 7) is 7.91. The van der Waals surface area contributed by atoms with Gasteiger partial charge in [0.05, 0.1) is 17.3 Å². The molecule has 1 aliphatic carbocycles. The second kappa shape index (κ2) is 5.98. The lowest BCUT2D eigenvalue weighted by molar-refractivity contribution is -0.151. The van der Waals surface area contributed by atoms with Crippen LogP contribution in [0, 0.1) is 6.92 Å². The molecule has 2 rings (SSSR count). The minimum Gasteiger partial charge on any atom is -0.479 e. The van der Waals surface area contributed by atoms with E-state index in [-0.39, 0.29) is 11.4 Å². The molecule has 0 aromatic carbocycles. The van der Waals surface area contributed by atoms with Crippen LogP contribution in [0.5, 0.6) is 0 Å². The largest absolute Gasteiger partial charge is 0.479 e. The van der Waals surface area contributed by atoms with Gasteiger partial charge < -0.3 is 10.0 Å². The quantitative estimate of drug-likeness (QED) is 0.929. The van der Waals surface area contributed by atoms with E-state index < -0.39 is 11.5 Å². The molecule has 1 aliphatic rings. The van der Waals surface area contributed by atoms with Crippen molar-refractivity contribution >= 4 is 11.9 Å². The molecule has 0 atom stereocenters. The Kier molecular flexibility index (Phi) is 4.55. The fourth-order valence-corrected chi connectivity index (χ4v) is 3.50. The summed E-state index contributed by atoms with van der Waals surface area (Å²) in [5.74, 6) is -1.17. The van der Waals surface area contributed by atoms with E-state index in [1.165, 1.54) is 4.90 Å². The lowest BCUT2D eigenvalue weighted by atomic mass is 9.80. The van der Waals surface area contributed by atoms with Crippen molar-refractivity contribution in [1.82, 2.24) is 14.7 Å². The summed E-state index contributed by atoms with van der Waals surface area (Å²) >= 11 is 0. The predicted octanol–water partition coefficient (Wildman–Crippen LogP) is 2.81. The van der Waals surface area contributed by atoms with E-state index in [0.717, 1.165) is 25.0 Å². The molecule has 1 amide bonds. The van der Waals surface area contributed by atoms with Crippen LogP contribution in [0.4, 0.5) is 0 Å². The normalized spacial score (nSPS) is 17.8. The fraction of sp³-hybridized carbons (Fsp3) is 0.706. The Hall–Kier alpha value is -1.85. The van der Waals surface area contributed by atoms with Crippen molar-refractivity contribution in [3.63, 3.8) is 0 Å². The van der Waals surface area contributed by atoms with Crippen molar-refractivity contribution in [3.05, 3.63) is 17.5 Å². The number of amides is 1. The monoisotopic (exact) mass is 321 g/mol. The van der Waals surface area contributed by atoms with Crippen molar-refractivity contribution in [3.8, 4) is 0 Å². The van der Waals surface area contributed by atoms with Gasteiger partial charge in [0.25, 0.3) is 5.91 Å².